The summed E-state index contributed by atoms with van der Waals surface area (Å²) in [7, 11) is 0. The van der Waals surface area contributed by atoms with E-state index in [1.807, 2.05) is 28.7 Å². The number of hydrogen-bond donors (Lipinski definition) is 1. The van der Waals surface area contributed by atoms with E-state index in [0.29, 0.717) is 5.76 Å². The molecule has 1 rings (SSSR count). The van der Waals surface area contributed by atoms with Gasteiger partial charge in [0.15, 0.2) is 3.77 Å². The van der Waals surface area contributed by atoms with Crippen LogP contribution in [0.5, 0.6) is 0 Å². The van der Waals surface area contributed by atoms with E-state index in [2.05, 4.69) is 12.2 Å². The number of hydrogen-bond acceptors (Lipinski definition) is 3. The highest BCUT2D eigenvalue weighted by molar-refractivity contribution is 14.1. The van der Waals surface area contributed by atoms with Crippen molar-refractivity contribution in [1.29, 1.82) is 5.26 Å². The summed E-state index contributed by atoms with van der Waals surface area (Å²) in [5.41, 5.74) is 5.55. The predicted octanol–water partition coefficient (Wildman–Crippen LogP) is 2.08. The minimum Gasteiger partial charge on any atom is -0.451 e. The molecule has 0 aliphatic rings. The first-order chi connectivity index (χ1) is 6.13. The summed E-state index contributed by atoms with van der Waals surface area (Å²) < 4.78 is 5.96. The molecule has 3 nitrogen and oxygen atoms in total. The zero-order chi connectivity index (χ0) is 9.84. The van der Waals surface area contributed by atoms with Gasteiger partial charge in [0.2, 0.25) is 0 Å². The molecule has 0 saturated carbocycles. The first-order valence-corrected chi connectivity index (χ1v) is 4.79. The van der Waals surface area contributed by atoms with Crippen LogP contribution in [0.3, 0.4) is 0 Å². The van der Waals surface area contributed by atoms with Crippen LogP contribution < -0.4 is 5.73 Å². The van der Waals surface area contributed by atoms with Crippen molar-refractivity contribution in [1.82, 2.24) is 0 Å². The molecular weight excluding hydrogens is 299 g/mol. The van der Waals surface area contributed by atoms with Crippen LogP contribution >= 0.6 is 34.8 Å². The van der Waals surface area contributed by atoms with Crippen molar-refractivity contribution < 1.29 is 4.42 Å². The summed E-state index contributed by atoms with van der Waals surface area (Å²) in [6.45, 7) is 0. The van der Waals surface area contributed by atoms with Gasteiger partial charge in [-0.3, -0.25) is 0 Å². The third kappa shape index (κ3) is 2.82. The molecule has 0 radical (unpaired) electrons. The Kier molecular flexibility index (Phi) is 3.45. The highest BCUT2D eigenvalue weighted by atomic mass is 127. The summed E-state index contributed by atoms with van der Waals surface area (Å²) in [6.07, 6.45) is 1.52. The van der Waals surface area contributed by atoms with Crippen molar-refractivity contribution in [2.45, 2.75) is 0 Å². The van der Waals surface area contributed by atoms with Crippen LogP contribution in [0.4, 0.5) is 0 Å². The fraction of sp³-hybridized carbons (Fsp3) is 0. The Bertz CT molecular complexity index is 403. The SMILES string of the molecule is N#C/C(=C/c1ccc(I)o1)C(N)=S. The summed E-state index contributed by atoms with van der Waals surface area (Å²) in [6, 6.07) is 5.43. The van der Waals surface area contributed by atoms with Gasteiger partial charge in [0.25, 0.3) is 0 Å². The summed E-state index contributed by atoms with van der Waals surface area (Å²) in [5.74, 6) is 0.578. The number of halogens is 1. The molecule has 0 spiro atoms. The maximum atomic E-state index is 8.64. The van der Waals surface area contributed by atoms with Crippen LogP contribution in [-0.4, -0.2) is 4.99 Å². The van der Waals surface area contributed by atoms with Gasteiger partial charge in [-0.25, -0.2) is 0 Å². The molecule has 0 aliphatic carbocycles. The lowest BCUT2D eigenvalue weighted by Crippen LogP contribution is -2.09. The van der Waals surface area contributed by atoms with E-state index in [-0.39, 0.29) is 10.6 Å². The van der Waals surface area contributed by atoms with E-state index in [1.54, 1.807) is 12.1 Å². The van der Waals surface area contributed by atoms with Gasteiger partial charge in [0.05, 0.1) is 5.57 Å². The quantitative estimate of drug-likeness (QED) is 0.393. The Morgan fingerprint density at radius 1 is 1.69 bits per heavy atom. The lowest BCUT2D eigenvalue weighted by atomic mass is 10.2. The number of nitriles is 1. The summed E-state index contributed by atoms with van der Waals surface area (Å²) in [4.78, 5) is 0.0777. The third-order valence-electron chi connectivity index (χ3n) is 1.27. The average molecular weight is 304 g/mol. The van der Waals surface area contributed by atoms with Crippen molar-refractivity contribution in [3.8, 4) is 6.07 Å². The van der Waals surface area contributed by atoms with E-state index in [4.69, 9.17) is 15.4 Å². The number of rotatable bonds is 2. The van der Waals surface area contributed by atoms with Crippen molar-refractivity contribution in [3.05, 3.63) is 27.2 Å². The van der Waals surface area contributed by atoms with E-state index >= 15 is 0 Å². The Morgan fingerprint density at radius 3 is 2.77 bits per heavy atom. The fourth-order valence-corrected chi connectivity index (χ4v) is 1.25. The zero-order valence-corrected chi connectivity index (χ0v) is 9.43. The second kappa shape index (κ2) is 4.39. The van der Waals surface area contributed by atoms with Gasteiger partial charge in [0.1, 0.15) is 16.8 Å². The van der Waals surface area contributed by atoms with Crippen LogP contribution in [-0.2, 0) is 0 Å². The fourth-order valence-electron chi connectivity index (χ4n) is 0.707. The Labute approximate surface area is 94.3 Å². The highest BCUT2D eigenvalue weighted by Crippen LogP contribution is 2.13. The van der Waals surface area contributed by atoms with Crippen molar-refractivity contribution in [3.63, 3.8) is 0 Å². The van der Waals surface area contributed by atoms with Crippen LogP contribution in [0.1, 0.15) is 5.76 Å². The van der Waals surface area contributed by atoms with Crippen LogP contribution in [0.25, 0.3) is 6.08 Å². The third-order valence-corrected chi connectivity index (χ3v) is 2.07. The lowest BCUT2D eigenvalue weighted by Gasteiger charge is -1.91. The second-order valence-electron chi connectivity index (χ2n) is 2.18. The molecule has 0 aliphatic heterocycles. The van der Waals surface area contributed by atoms with Gasteiger partial charge < -0.3 is 10.2 Å². The molecular formula is C8H5IN2OS. The van der Waals surface area contributed by atoms with E-state index in [1.165, 1.54) is 6.08 Å². The highest BCUT2D eigenvalue weighted by Gasteiger charge is 2.01. The smallest absolute Gasteiger partial charge is 0.164 e. The minimum absolute atomic E-state index is 0.0777. The van der Waals surface area contributed by atoms with Crippen LogP contribution in [0.2, 0.25) is 0 Å². The normalized spacial score (nSPS) is 10.9. The summed E-state index contributed by atoms with van der Waals surface area (Å²) in [5, 5.41) is 8.64. The van der Waals surface area contributed by atoms with Gasteiger partial charge in [-0.2, -0.15) is 5.26 Å². The molecule has 0 bridgehead atoms. The Morgan fingerprint density at radius 2 is 2.38 bits per heavy atom. The lowest BCUT2D eigenvalue weighted by molar-refractivity contribution is 0.528. The number of nitrogens with two attached hydrogens (primary N) is 1. The summed E-state index contributed by atoms with van der Waals surface area (Å²) >= 11 is 6.70. The molecule has 0 unspecified atom stereocenters. The molecule has 0 saturated heterocycles. The van der Waals surface area contributed by atoms with Crippen LogP contribution in [0, 0.1) is 15.1 Å². The monoisotopic (exact) mass is 304 g/mol. The molecule has 1 aromatic heterocycles. The molecule has 1 aromatic rings. The van der Waals surface area contributed by atoms with E-state index in [9.17, 15) is 0 Å². The topological polar surface area (TPSA) is 63.0 Å². The van der Waals surface area contributed by atoms with Gasteiger partial charge in [-0.15, -0.1) is 0 Å². The molecule has 2 N–H and O–H groups in total. The maximum absolute atomic E-state index is 8.64. The molecule has 5 heteroatoms. The number of furan rings is 1. The van der Waals surface area contributed by atoms with Crippen molar-refractivity contribution >= 4 is 45.9 Å². The molecule has 1 heterocycles. The first-order valence-electron chi connectivity index (χ1n) is 3.30. The zero-order valence-electron chi connectivity index (χ0n) is 6.45. The second-order valence-corrected chi connectivity index (χ2v) is 3.68. The first kappa shape index (κ1) is 10.2. The predicted molar refractivity (Wildman–Crippen MR) is 61.8 cm³/mol. The van der Waals surface area contributed by atoms with Crippen molar-refractivity contribution in [2.75, 3.05) is 0 Å². The average Bonchev–Trinajstić information content (AvgIpc) is 2.46. The minimum atomic E-state index is 0.0777. The van der Waals surface area contributed by atoms with Crippen molar-refractivity contribution in [2.24, 2.45) is 5.73 Å². The molecule has 0 fully saturated rings. The van der Waals surface area contributed by atoms with Gasteiger partial charge in [-0.05, 0) is 34.7 Å². The number of nitrogens with zero attached hydrogens (tertiary/aromatic N) is 1. The van der Waals surface area contributed by atoms with Gasteiger partial charge in [0, 0.05) is 6.08 Å². The standard InChI is InChI=1S/C8H5IN2OS/c9-7-2-1-6(12-7)3-5(4-10)8(11)13/h1-3H,(H2,11,13)/b5-3-. The van der Waals surface area contributed by atoms with Crippen LogP contribution in [0.15, 0.2) is 22.1 Å². The molecule has 66 valence electrons. The molecule has 13 heavy (non-hydrogen) atoms. The van der Waals surface area contributed by atoms with Gasteiger partial charge >= 0.3 is 0 Å². The Balaban J connectivity index is 3.00. The molecule has 0 aromatic carbocycles. The van der Waals surface area contributed by atoms with E-state index in [0.717, 1.165) is 3.77 Å². The van der Waals surface area contributed by atoms with Gasteiger partial charge in [-0.1, -0.05) is 12.2 Å². The van der Waals surface area contributed by atoms with E-state index < -0.39 is 0 Å². The Hall–Kier alpha value is -0.870. The number of thiocarbonyl (C=S) groups is 1. The molecule has 0 atom stereocenters. The largest absolute Gasteiger partial charge is 0.451 e. The maximum Gasteiger partial charge on any atom is 0.164 e. The molecule has 0 amide bonds.